The summed E-state index contributed by atoms with van der Waals surface area (Å²) in [7, 11) is 1.18. The van der Waals surface area contributed by atoms with Crippen molar-refractivity contribution in [1.82, 2.24) is 5.32 Å². The Balaban J connectivity index is 5.14. The maximum Gasteiger partial charge on any atom is 0.306 e. The number of ether oxygens (including phenoxy) is 1. The molecule has 3 atom stereocenters. The zero-order valence-electron chi connectivity index (χ0n) is 52.6. The van der Waals surface area contributed by atoms with Gasteiger partial charge in [-0.3, -0.25) is 14.2 Å². The maximum atomic E-state index is 13.6. The number of hydrogen-bond acceptors (Lipinski definition) is 7. The van der Waals surface area contributed by atoms with Gasteiger partial charge in [0.25, 0.3) is 7.82 Å². The van der Waals surface area contributed by atoms with E-state index in [1.165, 1.54) is 180 Å². The molecular formula is C69H127N2O7P. The van der Waals surface area contributed by atoms with Crippen LogP contribution in [0.5, 0.6) is 0 Å². The van der Waals surface area contributed by atoms with Crippen molar-refractivity contribution in [2.45, 2.75) is 315 Å². The topological polar surface area (TPSA) is 114 Å². The lowest BCUT2D eigenvalue weighted by Crippen LogP contribution is -2.47. The molecule has 0 aromatic rings. The highest BCUT2D eigenvalue weighted by molar-refractivity contribution is 7.45. The second kappa shape index (κ2) is 58.6. The second-order valence-electron chi connectivity index (χ2n) is 23.6. The first-order chi connectivity index (χ1) is 38.4. The van der Waals surface area contributed by atoms with Crippen LogP contribution >= 0.6 is 7.82 Å². The number of allylic oxidation sites excluding steroid dienone is 11. The molecule has 0 saturated heterocycles. The van der Waals surface area contributed by atoms with Gasteiger partial charge in [0.15, 0.2) is 0 Å². The van der Waals surface area contributed by atoms with E-state index in [1.54, 1.807) is 0 Å². The first-order valence-electron chi connectivity index (χ1n) is 33.2. The molecule has 0 fully saturated rings. The van der Waals surface area contributed by atoms with Crippen molar-refractivity contribution in [3.63, 3.8) is 0 Å². The summed E-state index contributed by atoms with van der Waals surface area (Å²) in [6, 6.07) is -0.895. The quantitative estimate of drug-likeness (QED) is 0.0212. The minimum Gasteiger partial charge on any atom is -0.756 e. The van der Waals surface area contributed by atoms with E-state index in [4.69, 9.17) is 13.8 Å². The van der Waals surface area contributed by atoms with Gasteiger partial charge in [-0.25, -0.2) is 0 Å². The molecule has 10 heteroatoms. The van der Waals surface area contributed by atoms with Crippen molar-refractivity contribution in [3.05, 3.63) is 72.9 Å². The van der Waals surface area contributed by atoms with Gasteiger partial charge in [0.2, 0.25) is 5.91 Å². The van der Waals surface area contributed by atoms with E-state index in [2.05, 4.69) is 86.8 Å². The highest BCUT2D eigenvalue weighted by Gasteiger charge is 2.27. The van der Waals surface area contributed by atoms with Crippen LogP contribution in [0.15, 0.2) is 72.9 Å². The summed E-state index contributed by atoms with van der Waals surface area (Å²) >= 11 is 0. The summed E-state index contributed by atoms with van der Waals surface area (Å²) < 4.78 is 30.4. The molecule has 0 spiro atoms. The number of esters is 1. The highest BCUT2D eigenvalue weighted by Crippen LogP contribution is 2.38. The van der Waals surface area contributed by atoms with E-state index in [0.717, 1.165) is 89.9 Å². The average molecular weight is 1130 g/mol. The Kier molecular flexibility index (Phi) is 56.7. The van der Waals surface area contributed by atoms with E-state index in [9.17, 15) is 19.0 Å². The molecule has 0 rings (SSSR count). The van der Waals surface area contributed by atoms with Crippen molar-refractivity contribution in [2.24, 2.45) is 0 Å². The Labute approximate surface area is 489 Å². The van der Waals surface area contributed by atoms with Crippen molar-refractivity contribution in [3.8, 4) is 0 Å². The first-order valence-corrected chi connectivity index (χ1v) is 34.7. The lowest BCUT2D eigenvalue weighted by atomic mass is 10.0. The van der Waals surface area contributed by atoms with Crippen molar-refractivity contribution in [1.29, 1.82) is 0 Å². The maximum absolute atomic E-state index is 13.6. The number of likely N-dealkylation sites (N-methyl/N-ethyl adjacent to an activating group) is 1. The number of rotatable bonds is 60. The zero-order chi connectivity index (χ0) is 57.9. The summed E-state index contributed by atoms with van der Waals surface area (Å²) in [5, 5.41) is 3.03. The van der Waals surface area contributed by atoms with E-state index in [0.29, 0.717) is 17.4 Å². The van der Waals surface area contributed by atoms with Crippen LogP contribution in [0, 0.1) is 0 Å². The molecule has 460 valence electrons. The monoisotopic (exact) mass is 1130 g/mol. The minimum atomic E-state index is -4.70. The molecule has 1 amide bonds. The molecule has 0 aliphatic rings. The number of carbonyl (C=O) groups is 2. The molecule has 0 bridgehead atoms. The van der Waals surface area contributed by atoms with Crippen LogP contribution in [0.25, 0.3) is 0 Å². The fraction of sp³-hybridized carbons (Fsp3) is 0.797. The number of nitrogens with zero attached hydrogens (tertiary/aromatic N) is 1. The Hall–Kier alpha value is -2.55. The largest absolute Gasteiger partial charge is 0.756 e. The van der Waals surface area contributed by atoms with Crippen molar-refractivity contribution in [2.75, 3.05) is 40.9 Å². The summed E-state index contributed by atoms with van der Waals surface area (Å²) in [4.78, 5) is 40.1. The molecule has 0 saturated carbocycles. The SMILES string of the molecule is CCCCC/C=C\C/C=C\C/C=C\CCCCCCCCCCC(=O)NC(COP(=O)([O-])OCC[N+](C)(C)C)C(/C=C/CCCCCCCCCCC)OC(=O)CCCCCCCCCCCCC/C=C\C/C=C\CCCCC. The van der Waals surface area contributed by atoms with Gasteiger partial charge in [-0.2, -0.15) is 0 Å². The summed E-state index contributed by atoms with van der Waals surface area (Å²) in [6.07, 6.45) is 75.8. The Bertz CT molecular complexity index is 1580. The van der Waals surface area contributed by atoms with Crippen LogP contribution in [0.1, 0.15) is 303 Å². The number of nitrogens with one attached hydrogen (secondary N) is 1. The summed E-state index contributed by atoms with van der Waals surface area (Å²) in [6.45, 7) is 6.80. The third kappa shape index (κ3) is 59.9. The van der Waals surface area contributed by atoms with Crippen LogP contribution in [0.2, 0.25) is 0 Å². The lowest BCUT2D eigenvalue weighted by Gasteiger charge is -2.30. The minimum absolute atomic E-state index is 0.0259. The fourth-order valence-electron chi connectivity index (χ4n) is 9.44. The molecular weight excluding hydrogens is 1000 g/mol. The van der Waals surface area contributed by atoms with Crippen LogP contribution in [0.4, 0.5) is 0 Å². The third-order valence-electron chi connectivity index (χ3n) is 14.6. The molecule has 0 radical (unpaired) electrons. The van der Waals surface area contributed by atoms with E-state index in [1.807, 2.05) is 33.3 Å². The molecule has 9 nitrogen and oxygen atoms in total. The standard InChI is InChI=1S/C69H127N2O7P/c1-7-10-13-16-19-22-25-27-29-31-33-35-37-39-41-43-46-49-52-55-58-61-68(72)70-66(65-77-79(74,75)76-64-63-71(4,5)6)67(60-57-54-51-48-45-24-21-18-15-12-9-3)78-69(73)62-59-56-53-50-47-44-42-40-38-36-34-32-30-28-26-23-20-17-14-11-8-2/h19-20,22-23,27-30,33,35,57,60,66-67H,7-18,21,24-26,31-32,34,36-56,58-59,61-65H2,1-6H3,(H-,70,72,74,75)/b22-19-,23-20-,29-27-,30-28-,35-33-,60-57+. The summed E-state index contributed by atoms with van der Waals surface area (Å²) in [5.74, 6) is -0.547. The molecule has 0 aromatic carbocycles. The van der Waals surface area contributed by atoms with Crippen LogP contribution in [-0.2, 0) is 27.9 Å². The van der Waals surface area contributed by atoms with Gasteiger partial charge in [-0.1, -0.05) is 261 Å². The number of phosphoric ester groups is 1. The first kappa shape index (κ1) is 76.5. The van der Waals surface area contributed by atoms with Crippen LogP contribution in [0.3, 0.4) is 0 Å². The highest BCUT2D eigenvalue weighted by atomic mass is 31.2. The Morgan fingerprint density at radius 3 is 1.18 bits per heavy atom. The van der Waals surface area contributed by atoms with Gasteiger partial charge in [0.05, 0.1) is 33.8 Å². The fourth-order valence-corrected chi connectivity index (χ4v) is 10.2. The van der Waals surface area contributed by atoms with Gasteiger partial charge >= 0.3 is 5.97 Å². The number of unbranched alkanes of at least 4 members (excludes halogenated alkanes) is 34. The predicted molar refractivity (Wildman–Crippen MR) is 339 cm³/mol. The van der Waals surface area contributed by atoms with Crippen molar-refractivity contribution < 1.29 is 37.3 Å². The van der Waals surface area contributed by atoms with Gasteiger partial charge in [0, 0.05) is 12.8 Å². The molecule has 0 heterocycles. The number of carbonyl (C=O) groups excluding carboxylic acids is 2. The predicted octanol–water partition coefficient (Wildman–Crippen LogP) is 20.2. The molecule has 3 unspecified atom stereocenters. The van der Waals surface area contributed by atoms with Crippen LogP contribution in [-0.4, -0.2) is 69.4 Å². The number of amides is 1. The van der Waals surface area contributed by atoms with Crippen LogP contribution < -0.4 is 10.2 Å². The smallest absolute Gasteiger partial charge is 0.306 e. The average Bonchev–Trinajstić information content (AvgIpc) is 3.41. The second-order valence-corrected chi connectivity index (χ2v) is 25.0. The molecule has 79 heavy (non-hydrogen) atoms. The number of quaternary nitrogens is 1. The van der Waals surface area contributed by atoms with Gasteiger partial charge in [-0.05, 0) is 102 Å². The molecule has 0 aromatic heterocycles. The summed E-state index contributed by atoms with van der Waals surface area (Å²) in [5.41, 5.74) is 0. The lowest BCUT2D eigenvalue weighted by molar-refractivity contribution is -0.870. The Morgan fingerprint density at radius 2 is 0.772 bits per heavy atom. The molecule has 1 N–H and O–H groups in total. The number of hydrogen-bond donors (Lipinski definition) is 1. The van der Waals surface area contributed by atoms with Crippen molar-refractivity contribution >= 4 is 19.7 Å². The van der Waals surface area contributed by atoms with Gasteiger partial charge in [0.1, 0.15) is 19.3 Å². The number of phosphoric acid groups is 1. The third-order valence-corrected chi connectivity index (χ3v) is 15.6. The molecule has 0 aliphatic heterocycles. The Morgan fingerprint density at radius 1 is 0.443 bits per heavy atom. The normalized spacial score (nSPS) is 14.1. The molecule has 0 aliphatic carbocycles. The van der Waals surface area contributed by atoms with Gasteiger partial charge < -0.3 is 28.5 Å². The van der Waals surface area contributed by atoms with Gasteiger partial charge in [-0.15, -0.1) is 0 Å². The van der Waals surface area contributed by atoms with E-state index >= 15 is 0 Å². The zero-order valence-corrected chi connectivity index (χ0v) is 53.5. The van der Waals surface area contributed by atoms with E-state index < -0.39 is 26.6 Å². The van der Waals surface area contributed by atoms with E-state index in [-0.39, 0.29) is 24.9 Å².